The van der Waals surface area contributed by atoms with Crippen LogP contribution in [0.3, 0.4) is 0 Å². The average Bonchev–Trinajstić information content (AvgIpc) is 3.83. The van der Waals surface area contributed by atoms with Crippen molar-refractivity contribution in [3.63, 3.8) is 0 Å². The molecule has 328 valence electrons. The van der Waals surface area contributed by atoms with Gasteiger partial charge in [0, 0.05) is 17.1 Å². The number of aryl methyl sites for hydroxylation is 2. The third-order valence-electron chi connectivity index (χ3n) is 11.8. The molecule has 0 bridgehead atoms. The smallest absolute Gasteiger partial charge is 3.00 e. The third kappa shape index (κ3) is 9.38. The molecule has 8 heteroatoms. The predicted octanol–water partition coefficient (Wildman–Crippen LogP) is 16.2. The first-order chi connectivity index (χ1) is 31.1. The Bertz CT molecular complexity index is 3050. The van der Waals surface area contributed by atoms with Crippen LogP contribution in [0.5, 0.6) is 0 Å². The summed E-state index contributed by atoms with van der Waals surface area (Å²) >= 11 is -0.401. The minimum Gasteiger partial charge on any atom is 3.00 e. The van der Waals surface area contributed by atoms with Gasteiger partial charge in [0.25, 0.3) is 0 Å². The fourth-order valence-corrected chi connectivity index (χ4v) is 13.2. The van der Waals surface area contributed by atoms with Gasteiger partial charge in [-0.2, -0.15) is 17.7 Å². The molecule has 4 heterocycles. The maximum atomic E-state index is 14.8. The maximum absolute atomic E-state index is 14.8. The van der Waals surface area contributed by atoms with Crippen LogP contribution in [0.1, 0.15) is 104 Å². The van der Waals surface area contributed by atoms with E-state index in [0.717, 1.165) is 33.0 Å². The minimum atomic E-state index is -2.50. The number of hydrogen-bond acceptors (Lipinski definition) is 4. The first kappa shape index (κ1) is 43.2. The topological polar surface area (TPSA) is 43.1 Å². The van der Waals surface area contributed by atoms with Crippen molar-refractivity contribution in [1.82, 2.24) is 9.97 Å². The van der Waals surface area contributed by atoms with Crippen LogP contribution < -0.4 is 9.30 Å². The number of fused-ring (bicyclic) bond motifs is 4. The van der Waals surface area contributed by atoms with Crippen molar-refractivity contribution in [2.45, 2.75) is 103 Å². The van der Waals surface area contributed by atoms with Gasteiger partial charge in [-0.25, -0.2) is 4.98 Å². The predicted molar refractivity (Wildman–Crippen MR) is 270 cm³/mol. The molecule has 64 heavy (non-hydrogen) atoms. The molecule has 0 saturated carbocycles. The summed E-state index contributed by atoms with van der Waals surface area (Å²) in [6.45, 7) is 15.1. The SMILES string of the molecule is Cc1ccc2c(n1)sc1cc(C3[N-]c4ccccc4N3c3c(C(C)C)cc(-c4ccccc4)cc3C(C)C)[c-]cc12.[2H]C([2H])([2H])c1cc[c-]c(-c2cc(C(C)(C)C)[c]([Ge]([CH3])([CH3])[CH3])cn2)c1F.[Ir+3]. The van der Waals surface area contributed by atoms with Crippen LogP contribution in [0.15, 0.2) is 115 Å². The summed E-state index contributed by atoms with van der Waals surface area (Å²) in [7, 11) is 0. The number of pyridine rings is 2. The van der Waals surface area contributed by atoms with Crippen molar-refractivity contribution in [1.29, 1.82) is 0 Å². The molecule has 8 aromatic rings. The molecule has 0 amide bonds. The first-order valence-corrected chi connectivity index (χ1v) is 30.0. The van der Waals surface area contributed by atoms with Gasteiger partial charge < -0.3 is 10.2 Å². The van der Waals surface area contributed by atoms with Crippen molar-refractivity contribution in [2.75, 3.05) is 4.90 Å². The molecular formula is C56H58FGeIrN4S. The molecule has 1 aliphatic heterocycles. The third-order valence-corrected chi connectivity index (χ3v) is 17.1. The molecule has 1 atom stereocenters. The molecule has 3 aromatic heterocycles. The van der Waals surface area contributed by atoms with Gasteiger partial charge in [0.1, 0.15) is 4.83 Å². The van der Waals surface area contributed by atoms with Crippen LogP contribution in [0.25, 0.3) is 48.0 Å². The summed E-state index contributed by atoms with van der Waals surface area (Å²) in [6.07, 6.45) is 1.65. The van der Waals surface area contributed by atoms with Crippen LogP contribution in [0.2, 0.25) is 17.3 Å². The van der Waals surface area contributed by atoms with Gasteiger partial charge in [-0.3, -0.25) is 0 Å². The number of anilines is 2. The molecule has 0 fully saturated rings. The summed E-state index contributed by atoms with van der Waals surface area (Å²) in [5.74, 6) is 6.81. The number of aromatic nitrogens is 2. The van der Waals surface area contributed by atoms with E-state index in [9.17, 15) is 4.39 Å². The van der Waals surface area contributed by atoms with Gasteiger partial charge in [0.2, 0.25) is 0 Å². The van der Waals surface area contributed by atoms with E-state index in [-0.39, 0.29) is 42.8 Å². The fourth-order valence-electron chi connectivity index (χ4n) is 8.51. The molecular weight excluding hydrogens is 1040 g/mol. The Morgan fingerprint density at radius 3 is 2.19 bits per heavy atom. The van der Waals surface area contributed by atoms with Gasteiger partial charge >= 0.3 is 160 Å². The average molecular weight is 1110 g/mol. The second-order valence-electron chi connectivity index (χ2n) is 19.3. The Hall–Kier alpha value is -4.66. The fraction of sp³-hybridized carbons (Fsp3) is 0.286. The maximum Gasteiger partial charge on any atom is 3.00 e. The van der Waals surface area contributed by atoms with Crippen LogP contribution >= 0.6 is 11.3 Å². The number of rotatable bonds is 7. The molecule has 5 aromatic carbocycles. The minimum absolute atomic E-state index is 0. The van der Waals surface area contributed by atoms with E-state index < -0.39 is 25.9 Å². The molecule has 4 nitrogen and oxygen atoms in total. The quantitative estimate of drug-likeness (QED) is 0.118. The van der Waals surface area contributed by atoms with Crippen LogP contribution in [0, 0.1) is 31.7 Å². The molecule has 1 unspecified atom stereocenters. The van der Waals surface area contributed by atoms with E-state index in [1.165, 1.54) is 59.9 Å². The van der Waals surface area contributed by atoms with E-state index in [1.54, 1.807) is 11.3 Å². The standard InChI is InChI=1S/C37H33N3S.C19H25FGeN.Ir/c1-22(2)30-19-27(25-11-7-6-8-12-25)20-31(23(3)4)35(30)40-33-14-10-9-13-32(33)39-36(40)26-16-18-28-29-17-15-24(5)38-37(29)41-34(28)21-26;1-13-9-8-10-14(18(13)20)17-11-15(19(2,3)4)16(12-22-17)21(5,6)7;/h6-15,17-23,36H,1-5H3;8-9,11-12H,1-7H3;/q-2;-1;+3/i;1D3;. The summed E-state index contributed by atoms with van der Waals surface area (Å²) in [5.41, 5.74) is 12.1. The van der Waals surface area contributed by atoms with Crippen molar-refractivity contribution in [2.24, 2.45) is 0 Å². The molecule has 0 spiro atoms. The Balaban J connectivity index is 0.000000221. The number of halogens is 1. The number of nitrogens with zero attached hydrogens (tertiary/aromatic N) is 4. The van der Waals surface area contributed by atoms with E-state index in [0.29, 0.717) is 17.5 Å². The van der Waals surface area contributed by atoms with E-state index in [2.05, 4.69) is 186 Å². The molecule has 0 saturated heterocycles. The Morgan fingerprint density at radius 2 is 1.53 bits per heavy atom. The van der Waals surface area contributed by atoms with Crippen molar-refractivity contribution in [3.05, 3.63) is 172 Å². The monoisotopic (exact) mass is 1110 g/mol. The van der Waals surface area contributed by atoms with Crippen molar-refractivity contribution >= 4 is 66.4 Å². The Labute approximate surface area is 404 Å². The first-order valence-electron chi connectivity index (χ1n) is 23.4. The summed E-state index contributed by atoms with van der Waals surface area (Å²) in [6, 6.07) is 43.9. The molecule has 9 rings (SSSR count). The number of para-hydroxylation sites is 2. The zero-order chi connectivity index (χ0) is 47.5. The second-order valence-corrected chi connectivity index (χ2v) is 30.9. The van der Waals surface area contributed by atoms with Crippen LogP contribution in [-0.2, 0) is 25.5 Å². The van der Waals surface area contributed by atoms with Gasteiger partial charge in [-0.15, -0.1) is 28.5 Å². The normalized spacial score (nSPS) is 14.7. The number of benzene rings is 5. The number of thiophene rings is 1. The van der Waals surface area contributed by atoms with E-state index in [1.807, 2.05) is 12.3 Å². The van der Waals surface area contributed by atoms with Gasteiger partial charge in [-0.1, -0.05) is 87.0 Å². The van der Waals surface area contributed by atoms with Gasteiger partial charge in [0.05, 0.1) is 0 Å². The van der Waals surface area contributed by atoms with Crippen molar-refractivity contribution in [3.8, 4) is 22.4 Å². The summed E-state index contributed by atoms with van der Waals surface area (Å²) < 4.78 is 39.8. The molecule has 0 N–H and O–H groups in total. The van der Waals surface area contributed by atoms with Crippen molar-refractivity contribution < 1.29 is 28.6 Å². The molecule has 0 radical (unpaired) electrons. The zero-order valence-electron chi connectivity index (χ0n) is 41.6. The largest absolute Gasteiger partial charge is 3.00 e. The zero-order valence-corrected chi connectivity index (χ0v) is 43.9. The van der Waals surface area contributed by atoms with Gasteiger partial charge in [-0.05, 0) is 76.8 Å². The summed E-state index contributed by atoms with van der Waals surface area (Å²) in [5, 5.41) is 7.73. The number of hydrogen-bond donors (Lipinski definition) is 0. The van der Waals surface area contributed by atoms with Crippen LogP contribution in [0.4, 0.5) is 21.5 Å². The van der Waals surface area contributed by atoms with Crippen LogP contribution in [-0.4, -0.2) is 23.2 Å². The van der Waals surface area contributed by atoms with E-state index >= 15 is 0 Å². The van der Waals surface area contributed by atoms with E-state index in [4.69, 9.17) is 14.4 Å². The summed E-state index contributed by atoms with van der Waals surface area (Å²) in [4.78, 5) is 12.8. The molecule has 1 aliphatic rings. The Morgan fingerprint density at radius 1 is 0.844 bits per heavy atom. The second kappa shape index (κ2) is 18.7. The Kier molecular flexibility index (Phi) is 12.6. The molecule has 0 aliphatic carbocycles. The van der Waals surface area contributed by atoms with Gasteiger partial charge in [0.15, 0.2) is 0 Å².